The minimum absolute atomic E-state index is 0.128. The summed E-state index contributed by atoms with van der Waals surface area (Å²) in [4.78, 5) is 20.2. The van der Waals surface area contributed by atoms with Crippen molar-refractivity contribution < 1.29 is 18.3 Å². The predicted molar refractivity (Wildman–Crippen MR) is 92.6 cm³/mol. The van der Waals surface area contributed by atoms with Gasteiger partial charge in [0.2, 0.25) is 5.95 Å². The van der Waals surface area contributed by atoms with Crippen LogP contribution in [0.3, 0.4) is 0 Å². The van der Waals surface area contributed by atoms with E-state index < -0.39 is 17.5 Å². The second-order valence-electron chi connectivity index (χ2n) is 5.23. The first-order valence-electron chi connectivity index (χ1n) is 7.54. The van der Waals surface area contributed by atoms with Crippen molar-refractivity contribution in [3.8, 4) is 5.75 Å². The lowest BCUT2D eigenvalue weighted by Gasteiger charge is -2.08. The minimum atomic E-state index is -0.864. The zero-order chi connectivity index (χ0) is 18.5. The van der Waals surface area contributed by atoms with Crippen molar-refractivity contribution in [3.05, 3.63) is 72.1 Å². The van der Waals surface area contributed by atoms with Crippen LogP contribution in [-0.2, 0) is 0 Å². The van der Waals surface area contributed by atoms with Crippen LogP contribution in [0.4, 0.5) is 26.1 Å². The third-order valence-corrected chi connectivity index (χ3v) is 3.44. The van der Waals surface area contributed by atoms with Crippen LogP contribution in [0.1, 0.15) is 10.4 Å². The molecule has 0 aliphatic heterocycles. The largest absolute Gasteiger partial charge is 0.497 e. The number of halogens is 2. The Balaban J connectivity index is 1.67. The maximum atomic E-state index is 13.6. The van der Waals surface area contributed by atoms with E-state index in [1.165, 1.54) is 12.4 Å². The Hall–Kier alpha value is -3.55. The summed E-state index contributed by atoms with van der Waals surface area (Å²) in [5.41, 5.74) is 0.752. The minimum Gasteiger partial charge on any atom is -0.497 e. The molecular weight excluding hydrogens is 342 g/mol. The fraction of sp³-hybridized carbons (Fsp3) is 0.0556. The van der Waals surface area contributed by atoms with E-state index in [1.807, 2.05) is 0 Å². The van der Waals surface area contributed by atoms with Gasteiger partial charge in [0.1, 0.15) is 17.4 Å². The Kier molecular flexibility index (Phi) is 5.02. The summed E-state index contributed by atoms with van der Waals surface area (Å²) in [5.74, 6) is -1.18. The van der Waals surface area contributed by atoms with Crippen molar-refractivity contribution in [1.82, 2.24) is 9.97 Å². The summed E-state index contributed by atoms with van der Waals surface area (Å²) in [5, 5.41) is 5.32. The highest BCUT2D eigenvalue weighted by atomic mass is 19.1. The van der Waals surface area contributed by atoms with Crippen LogP contribution in [0.15, 0.2) is 54.9 Å². The van der Waals surface area contributed by atoms with Gasteiger partial charge in [-0.05, 0) is 36.4 Å². The fourth-order valence-electron chi connectivity index (χ4n) is 2.10. The van der Waals surface area contributed by atoms with Crippen molar-refractivity contribution in [2.75, 3.05) is 17.7 Å². The first-order valence-corrected chi connectivity index (χ1v) is 7.54. The summed E-state index contributed by atoms with van der Waals surface area (Å²) in [6.07, 6.45) is 2.60. The van der Waals surface area contributed by atoms with Gasteiger partial charge in [0.25, 0.3) is 5.91 Å². The molecule has 26 heavy (non-hydrogen) atoms. The molecule has 1 aromatic heterocycles. The number of benzene rings is 2. The van der Waals surface area contributed by atoms with E-state index in [2.05, 4.69) is 20.6 Å². The number of nitrogens with zero attached hydrogens (tertiary/aromatic N) is 2. The van der Waals surface area contributed by atoms with Gasteiger partial charge in [0.05, 0.1) is 18.4 Å². The first-order chi connectivity index (χ1) is 12.5. The van der Waals surface area contributed by atoms with Crippen LogP contribution in [0.25, 0.3) is 0 Å². The summed E-state index contributed by atoms with van der Waals surface area (Å²) in [6, 6.07) is 10.0. The molecule has 3 rings (SSSR count). The number of hydrogen-bond donors (Lipinski definition) is 2. The van der Waals surface area contributed by atoms with Crippen molar-refractivity contribution >= 4 is 23.2 Å². The van der Waals surface area contributed by atoms with E-state index >= 15 is 0 Å². The molecule has 2 N–H and O–H groups in total. The van der Waals surface area contributed by atoms with Gasteiger partial charge in [-0.15, -0.1) is 0 Å². The van der Waals surface area contributed by atoms with Gasteiger partial charge in [-0.1, -0.05) is 0 Å². The summed E-state index contributed by atoms with van der Waals surface area (Å²) >= 11 is 0. The van der Waals surface area contributed by atoms with Gasteiger partial charge in [-0.3, -0.25) is 4.79 Å². The van der Waals surface area contributed by atoms with Gasteiger partial charge in [-0.2, -0.15) is 0 Å². The average Bonchev–Trinajstić information content (AvgIpc) is 2.65. The molecule has 1 heterocycles. The molecule has 0 atom stereocenters. The Bertz CT molecular complexity index is 915. The number of hydrogen-bond acceptors (Lipinski definition) is 5. The molecule has 8 heteroatoms. The molecule has 0 fully saturated rings. The molecule has 2 aromatic carbocycles. The molecule has 0 saturated carbocycles. The van der Waals surface area contributed by atoms with Crippen LogP contribution in [-0.4, -0.2) is 23.0 Å². The Labute approximate surface area is 147 Å². The molecule has 0 aliphatic rings. The van der Waals surface area contributed by atoms with Gasteiger partial charge in [0, 0.05) is 24.1 Å². The van der Waals surface area contributed by atoms with Crippen molar-refractivity contribution in [2.45, 2.75) is 0 Å². The smallest absolute Gasteiger partial charge is 0.258 e. The lowest BCUT2D eigenvalue weighted by atomic mass is 10.2. The van der Waals surface area contributed by atoms with Crippen molar-refractivity contribution in [2.24, 2.45) is 0 Å². The number of carbonyl (C=O) groups excluding carboxylic acids is 1. The monoisotopic (exact) mass is 356 g/mol. The Morgan fingerprint density at radius 2 is 1.73 bits per heavy atom. The standard InChI is InChI=1S/C18H14F2N4O2/c1-26-14-5-3-13(4-6-14)23-18-21-9-11(10-22-18)17(25)24-16-7-2-12(19)8-15(16)20/h2-10H,1H3,(H,24,25)(H,21,22,23). The van der Waals surface area contributed by atoms with Crippen LogP contribution >= 0.6 is 0 Å². The van der Waals surface area contributed by atoms with Crippen molar-refractivity contribution in [1.29, 1.82) is 0 Å². The van der Waals surface area contributed by atoms with Crippen LogP contribution in [0.2, 0.25) is 0 Å². The zero-order valence-electron chi connectivity index (χ0n) is 13.7. The summed E-state index contributed by atoms with van der Waals surface area (Å²) < 4.78 is 31.5. The maximum absolute atomic E-state index is 13.6. The number of amides is 1. The molecule has 0 radical (unpaired) electrons. The van der Waals surface area contributed by atoms with Gasteiger partial charge < -0.3 is 15.4 Å². The second kappa shape index (κ2) is 7.56. The van der Waals surface area contributed by atoms with E-state index in [-0.39, 0.29) is 11.3 Å². The molecule has 6 nitrogen and oxygen atoms in total. The third-order valence-electron chi connectivity index (χ3n) is 3.44. The van der Waals surface area contributed by atoms with Crippen LogP contribution in [0, 0.1) is 11.6 Å². The number of carbonyl (C=O) groups is 1. The first kappa shape index (κ1) is 17.3. The van der Waals surface area contributed by atoms with Gasteiger partial charge >= 0.3 is 0 Å². The highest BCUT2D eigenvalue weighted by Gasteiger charge is 2.11. The van der Waals surface area contributed by atoms with Crippen LogP contribution < -0.4 is 15.4 Å². The predicted octanol–water partition coefficient (Wildman–Crippen LogP) is 3.76. The van der Waals surface area contributed by atoms with E-state index in [9.17, 15) is 13.6 Å². The van der Waals surface area contributed by atoms with Gasteiger partial charge in [-0.25, -0.2) is 18.7 Å². The molecule has 0 aliphatic carbocycles. The molecule has 0 unspecified atom stereocenters. The number of ether oxygens (including phenoxy) is 1. The normalized spacial score (nSPS) is 10.3. The highest BCUT2D eigenvalue weighted by molar-refractivity contribution is 6.03. The maximum Gasteiger partial charge on any atom is 0.258 e. The number of rotatable bonds is 5. The van der Waals surface area contributed by atoms with Crippen molar-refractivity contribution in [3.63, 3.8) is 0 Å². The third kappa shape index (κ3) is 4.10. The van der Waals surface area contributed by atoms with E-state index in [0.717, 1.165) is 23.6 Å². The lowest BCUT2D eigenvalue weighted by Crippen LogP contribution is -2.14. The fourth-order valence-corrected chi connectivity index (χ4v) is 2.10. The lowest BCUT2D eigenvalue weighted by molar-refractivity contribution is 0.102. The van der Waals surface area contributed by atoms with E-state index in [0.29, 0.717) is 12.0 Å². The number of anilines is 3. The van der Waals surface area contributed by atoms with E-state index in [1.54, 1.807) is 31.4 Å². The average molecular weight is 356 g/mol. The Morgan fingerprint density at radius 1 is 1.04 bits per heavy atom. The SMILES string of the molecule is COc1ccc(Nc2ncc(C(=O)Nc3ccc(F)cc3F)cn2)cc1. The molecule has 3 aromatic rings. The quantitative estimate of drug-likeness (QED) is 0.728. The topological polar surface area (TPSA) is 76.1 Å². The second-order valence-corrected chi connectivity index (χ2v) is 5.23. The highest BCUT2D eigenvalue weighted by Crippen LogP contribution is 2.18. The number of methoxy groups -OCH3 is 1. The summed E-state index contributed by atoms with van der Waals surface area (Å²) in [6.45, 7) is 0. The number of nitrogens with one attached hydrogen (secondary N) is 2. The molecule has 0 bridgehead atoms. The molecule has 0 saturated heterocycles. The summed E-state index contributed by atoms with van der Waals surface area (Å²) in [7, 11) is 1.58. The molecule has 0 spiro atoms. The zero-order valence-corrected chi connectivity index (χ0v) is 13.7. The van der Waals surface area contributed by atoms with E-state index in [4.69, 9.17) is 4.74 Å². The molecule has 132 valence electrons. The van der Waals surface area contributed by atoms with Crippen LogP contribution in [0.5, 0.6) is 5.75 Å². The number of aromatic nitrogens is 2. The Morgan fingerprint density at radius 3 is 2.35 bits per heavy atom. The molecular formula is C18H14F2N4O2. The van der Waals surface area contributed by atoms with Gasteiger partial charge in [0.15, 0.2) is 0 Å². The molecule has 1 amide bonds.